The first-order valence-electron chi connectivity index (χ1n) is 8.41. The van der Waals surface area contributed by atoms with Crippen LogP contribution in [-0.2, 0) is 24.3 Å². The monoisotopic (exact) mass is 417 g/mol. The van der Waals surface area contributed by atoms with Crippen molar-refractivity contribution < 1.29 is 36.3 Å². The first-order chi connectivity index (χ1) is 13.2. The molecule has 28 heavy (non-hydrogen) atoms. The second-order valence-corrected chi connectivity index (χ2v) is 8.00. The third-order valence-corrected chi connectivity index (χ3v) is 6.00. The Morgan fingerprint density at radius 1 is 1.25 bits per heavy atom. The van der Waals surface area contributed by atoms with Crippen LogP contribution in [0.3, 0.4) is 0 Å². The Morgan fingerprint density at radius 2 is 1.93 bits per heavy atom. The van der Waals surface area contributed by atoms with Crippen LogP contribution in [0.4, 0.5) is 13.6 Å². The van der Waals surface area contributed by atoms with E-state index in [4.69, 9.17) is 0 Å². The van der Waals surface area contributed by atoms with Crippen LogP contribution < -0.4 is 4.72 Å². The molecule has 1 aromatic carbocycles. The Hall–Kier alpha value is -2.60. The Kier molecular flexibility index (Phi) is 5.61. The molecule has 0 spiro atoms. The minimum absolute atomic E-state index is 0.119. The number of sulfonamides is 1. The topological polar surface area (TPSA) is 113 Å². The Bertz CT molecular complexity index is 887. The van der Waals surface area contributed by atoms with Gasteiger partial charge in [0.05, 0.1) is 6.04 Å². The lowest BCUT2D eigenvalue weighted by atomic mass is 10.2. The number of rotatable bonds is 6. The fraction of sp³-hybridized carbons (Fsp3) is 0.438. The molecule has 1 N–H and O–H groups in total. The molecule has 2 saturated heterocycles. The first-order valence-corrected chi connectivity index (χ1v) is 9.89. The first kappa shape index (κ1) is 20.1. The maximum absolute atomic E-state index is 13.6. The van der Waals surface area contributed by atoms with Gasteiger partial charge in [0.15, 0.2) is 11.5 Å². The molecule has 12 heteroatoms. The standard InChI is InChI=1S/C16H17F2N3O6S/c17-11-2-1-3-12(18)15(11)28(25,26)19-6-4-13(22)20-7-5-10(8-20)21-14(23)9-27-16(21)24/h1-3,10,19H,4-9H2. The summed E-state index contributed by atoms with van der Waals surface area (Å²) in [6.45, 7) is -0.276. The van der Waals surface area contributed by atoms with E-state index in [1.165, 1.54) is 4.90 Å². The second-order valence-electron chi connectivity index (χ2n) is 6.30. The molecule has 0 aliphatic carbocycles. The average Bonchev–Trinajstić information content (AvgIpc) is 3.21. The van der Waals surface area contributed by atoms with Crippen LogP contribution in [0.2, 0.25) is 0 Å². The largest absolute Gasteiger partial charge is 0.439 e. The van der Waals surface area contributed by atoms with Gasteiger partial charge in [0, 0.05) is 26.1 Å². The Labute approximate surface area is 159 Å². The molecule has 2 aliphatic rings. The number of carbonyl (C=O) groups excluding carboxylic acids is 3. The molecular weight excluding hydrogens is 400 g/mol. The predicted octanol–water partition coefficient (Wildman–Crippen LogP) is 0.213. The molecule has 1 unspecified atom stereocenters. The molecule has 3 rings (SSSR count). The SMILES string of the molecule is O=C(CCNS(=O)(=O)c1c(F)cccc1F)N1CCC(N2C(=O)COC2=O)C1. The maximum atomic E-state index is 13.6. The zero-order valence-corrected chi connectivity index (χ0v) is 15.4. The van der Waals surface area contributed by atoms with Crippen LogP contribution in [-0.4, -0.2) is 68.4 Å². The van der Waals surface area contributed by atoms with E-state index in [0.29, 0.717) is 6.42 Å². The van der Waals surface area contributed by atoms with Crippen molar-refractivity contribution in [2.24, 2.45) is 0 Å². The Balaban J connectivity index is 1.54. The summed E-state index contributed by atoms with van der Waals surface area (Å²) in [6, 6.07) is 2.18. The van der Waals surface area contributed by atoms with Gasteiger partial charge in [0.2, 0.25) is 15.9 Å². The molecule has 0 bridgehead atoms. The van der Waals surface area contributed by atoms with Crippen molar-refractivity contribution in [1.82, 2.24) is 14.5 Å². The number of hydrogen-bond donors (Lipinski definition) is 1. The highest BCUT2D eigenvalue weighted by Crippen LogP contribution is 2.21. The summed E-state index contributed by atoms with van der Waals surface area (Å²) in [6.07, 6.45) is -0.608. The van der Waals surface area contributed by atoms with Crippen LogP contribution in [0.5, 0.6) is 0 Å². The van der Waals surface area contributed by atoms with E-state index in [1.54, 1.807) is 0 Å². The highest BCUT2D eigenvalue weighted by molar-refractivity contribution is 7.89. The van der Waals surface area contributed by atoms with Crippen LogP contribution in [0.15, 0.2) is 23.1 Å². The van der Waals surface area contributed by atoms with Crippen molar-refractivity contribution in [3.05, 3.63) is 29.8 Å². The number of likely N-dealkylation sites (tertiary alicyclic amines) is 1. The molecule has 2 aliphatic heterocycles. The molecular formula is C16H17F2N3O6S. The quantitative estimate of drug-likeness (QED) is 0.708. The highest BCUT2D eigenvalue weighted by atomic mass is 32.2. The fourth-order valence-corrected chi connectivity index (χ4v) is 4.32. The summed E-state index contributed by atoms with van der Waals surface area (Å²) in [4.78, 5) is 36.7. The van der Waals surface area contributed by atoms with E-state index >= 15 is 0 Å². The minimum Gasteiger partial charge on any atom is -0.439 e. The zero-order valence-electron chi connectivity index (χ0n) is 14.6. The number of benzene rings is 1. The van der Waals surface area contributed by atoms with Crippen molar-refractivity contribution in [2.75, 3.05) is 26.2 Å². The lowest BCUT2D eigenvalue weighted by Gasteiger charge is -2.20. The van der Waals surface area contributed by atoms with E-state index in [-0.39, 0.29) is 32.7 Å². The van der Waals surface area contributed by atoms with Crippen LogP contribution >= 0.6 is 0 Å². The van der Waals surface area contributed by atoms with Gasteiger partial charge < -0.3 is 9.64 Å². The fourth-order valence-electron chi connectivity index (χ4n) is 3.16. The minimum atomic E-state index is -4.46. The lowest BCUT2D eigenvalue weighted by Crippen LogP contribution is -2.42. The van der Waals surface area contributed by atoms with E-state index in [0.717, 1.165) is 23.1 Å². The molecule has 0 radical (unpaired) electrons. The number of hydrogen-bond acceptors (Lipinski definition) is 6. The van der Waals surface area contributed by atoms with Gasteiger partial charge in [-0.25, -0.2) is 31.6 Å². The van der Waals surface area contributed by atoms with Crippen LogP contribution in [0, 0.1) is 11.6 Å². The second kappa shape index (κ2) is 7.80. The highest BCUT2D eigenvalue weighted by Gasteiger charge is 2.41. The lowest BCUT2D eigenvalue weighted by molar-refractivity contribution is -0.131. The summed E-state index contributed by atoms with van der Waals surface area (Å²) >= 11 is 0. The zero-order chi connectivity index (χ0) is 20.5. The number of nitrogens with zero attached hydrogens (tertiary/aromatic N) is 2. The molecule has 1 atom stereocenters. The third-order valence-electron chi connectivity index (χ3n) is 4.48. The van der Waals surface area contributed by atoms with Gasteiger partial charge in [0.25, 0.3) is 5.91 Å². The third kappa shape index (κ3) is 3.97. The van der Waals surface area contributed by atoms with Gasteiger partial charge >= 0.3 is 6.09 Å². The predicted molar refractivity (Wildman–Crippen MR) is 89.3 cm³/mol. The molecule has 9 nitrogen and oxygen atoms in total. The van der Waals surface area contributed by atoms with Gasteiger partial charge in [-0.3, -0.25) is 9.59 Å². The molecule has 0 aromatic heterocycles. The van der Waals surface area contributed by atoms with E-state index < -0.39 is 50.5 Å². The van der Waals surface area contributed by atoms with Gasteiger partial charge in [-0.1, -0.05) is 6.07 Å². The number of carbonyl (C=O) groups is 3. The van der Waals surface area contributed by atoms with E-state index in [1.807, 2.05) is 4.72 Å². The normalized spacial score (nSPS) is 20.0. The van der Waals surface area contributed by atoms with E-state index in [2.05, 4.69) is 4.74 Å². The smallest absolute Gasteiger partial charge is 0.417 e. The number of imide groups is 1. The van der Waals surface area contributed by atoms with Crippen LogP contribution in [0.1, 0.15) is 12.8 Å². The summed E-state index contributed by atoms with van der Waals surface area (Å²) in [5.74, 6) is -3.35. The summed E-state index contributed by atoms with van der Waals surface area (Å²) < 4.78 is 58.0. The molecule has 2 heterocycles. The maximum Gasteiger partial charge on any atom is 0.417 e. The number of amides is 3. The number of cyclic esters (lactones) is 1. The summed E-state index contributed by atoms with van der Waals surface area (Å²) in [5.41, 5.74) is 0. The van der Waals surface area contributed by atoms with Gasteiger partial charge in [-0.05, 0) is 18.6 Å². The van der Waals surface area contributed by atoms with Crippen molar-refractivity contribution >= 4 is 27.9 Å². The summed E-state index contributed by atoms with van der Waals surface area (Å²) in [7, 11) is -4.46. The van der Waals surface area contributed by atoms with Crippen molar-refractivity contribution in [3.8, 4) is 0 Å². The molecule has 0 saturated carbocycles. The molecule has 3 amide bonds. The average molecular weight is 417 g/mol. The van der Waals surface area contributed by atoms with Gasteiger partial charge in [0.1, 0.15) is 11.6 Å². The van der Waals surface area contributed by atoms with Gasteiger partial charge in [-0.2, -0.15) is 0 Å². The molecule has 152 valence electrons. The number of nitrogens with one attached hydrogen (secondary N) is 1. The van der Waals surface area contributed by atoms with Crippen molar-refractivity contribution in [2.45, 2.75) is 23.8 Å². The van der Waals surface area contributed by atoms with Gasteiger partial charge in [-0.15, -0.1) is 0 Å². The van der Waals surface area contributed by atoms with Crippen molar-refractivity contribution in [3.63, 3.8) is 0 Å². The number of halogens is 2. The van der Waals surface area contributed by atoms with Crippen molar-refractivity contribution in [1.29, 1.82) is 0 Å². The Morgan fingerprint density at radius 3 is 2.54 bits per heavy atom. The molecule has 1 aromatic rings. The summed E-state index contributed by atoms with van der Waals surface area (Å²) in [5, 5.41) is 0. The number of ether oxygens (including phenoxy) is 1. The molecule has 2 fully saturated rings. The van der Waals surface area contributed by atoms with E-state index in [9.17, 15) is 31.6 Å². The van der Waals surface area contributed by atoms with Crippen LogP contribution in [0.25, 0.3) is 0 Å².